The molecule has 0 unspecified atom stereocenters. The molecule has 4 heterocycles. The monoisotopic (exact) mass is 285 g/mol. The van der Waals surface area contributed by atoms with E-state index >= 15 is 0 Å². The van der Waals surface area contributed by atoms with E-state index in [1.165, 1.54) is 13.7 Å². The first-order chi connectivity index (χ1) is 10.4. The summed E-state index contributed by atoms with van der Waals surface area (Å²) in [5.41, 5.74) is 0. The maximum atomic E-state index is 3.75. The molecule has 0 fully saturated rings. The van der Waals surface area contributed by atoms with Gasteiger partial charge in [0.25, 0.3) is 11.9 Å². The first-order valence-electron chi connectivity index (χ1n) is 5.36. The van der Waals surface area contributed by atoms with Crippen molar-refractivity contribution < 1.29 is 13.7 Å². The van der Waals surface area contributed by atoms with Crippen molar-refractivity contribution in [2.24, 2.45) is 0 Å². The second kappa shape index (κ2) is 4.40. The van der Waals surface area contributed by atoms with Crippen molar-refractivity contribution in [2.45, 2.75) is 0 Å². The molecule has 0 N–H and O–H groups in total. The standard InChI is InChI=1S/C6H3N15/c1-19(4-7-13-14-8-4)2-21(6-11-17-18-12-6)3-20(1)5-9-15-16-10-5/h1-3H. The maximum absolute atomic E-state index is 3.75. The Morgan fingerprint density at radius 3 is 1.14 bits per heavy atom. The quantitative estimate of drug-likeness (QED) is 0.327. The highest BCUT2D eigenvalue weighted by Crippen LogP contribution is 1.83. The number of hydrogen-bond donors (Lipinski definition) is 0. The van der Waals surface area contributed by atoms with Crippen LogP contribution in [0.4, 0.5) is 0 Å². The summed E-state index contributed by atoms with van der Waals surface area (Å²) in [6.45, 7) is 0. The molecule has 0 aromatic carbocycles. The highest BCUT2D eigenvalue weighted by molar-refractivity contribution is 4.83. The van der Waals surface area contributed by atoms with Gasteiger partial charge in [-0.2, -0.15) is 4.57 Å². The van der Waals surface area contributed by atoms with Crippen LogP contribution in [0.3, 0.4) is 0 Å². The highest BCUT2D eigenvalue weighted by atomic mass is 15.6. The van der Waals surface area contributed by atoms with E-state index < -0.39 is 0 Å². The average Bonchev–Trinajstić information content (AvgIpc) is 3.29. The van der Waals surface area contributed by atoms with Crippen molar-refractivity contribution in [3.8, 4) is 17.8 Å². The second-order valence-corrected chi connectivity index (χ2v) is 3.60. The van der Waals surface area contributed by atoms with Gasteiger partial charge in [-0.05, 0) is 20.9 Å². The van der Waals surface area contributed by atoms with Gasteiger partial charge >= 0.3 is 5.95 Å². The zero-order valence-electron chi connectivity index (χ0n) is 9.94. The van der Waals surface area contributed by atoms with Crippen molar-refractivity contribution >= 4 is 0 Å². The summed E-state index contributed by atoms with van der Waals surface area (Å²) in [4.78, 5) is 0. The summed E-state index contributed by atoms with van der Waals surface area (Å²) in [7, 11) is 0. The molecule has 0 spiro atoms. The van der Waals surface area contributed by atoms with Gasteiger partial charge < -0.3 is 0 Å². The van der Waals surface area contributed by atoms with Gasteiger partial charge in [0.2, 0.25) is 0 Å². The highest BCUT2D eigenvalue weighted by Gasteiger charge is 2.19. The Bertz CT molecular complexity index is 701. The van der Waals surface area contributed by atoms with Crippen LogP contribution in [-0.2, 0) is 0 Å². The molecule has 0 aliphatic rings. The molecular formula is C6H3N15. The lowest BCUT2D eigenvalue weighted by molar-refractivity contribution is -0.864. The van der Waals surface area contributed by atoms with E-state index in [1.54, 1.807) is 19.0 Å². The zero-order valence-corrected chi connectivity index (χ0v) is 9.94. The molecule has 0 aliphatic carbocycles. The molecule has 0 saturated heterocycles. The Kier molecular flexibility index (Phi) is 2.32. The molecule has 4 rings (SSSR count). The Balaban J connectivity index is 1.92. The Morgan fingerprint density at radius 2 is 0.905 bits per heavy atom. The van der Waals surface area contributed by atoms with E-state index in [0.29, 0.717) is 0 Å². The fourth-order valence-electron chi connectivity index (χ4n) is 1.53. The van der Waals surface area contributed by atoms with Gasteiger partial charge in [0, 0.05) is 0 Å². The molecule has 15 nitrogen and oxygen atoms in total. The average molecular weight is 285 g/mol. The first-order valence-corrected chi connectivity index (χ1v) is 5.36. The minimum Gasteiger partial charge on any atom is -0.243 e. The number of tetrazole rings is 3. The molecule has 0 amide bonds. The van der Waals surface area contributed by atoms with Crippen molar-refractivity contribution in [2.75, 3.05) is 0 Å². The third-order valence-electron chi connectivity index (χ3n) is 2.36. The molecule has 4 aromatic rings. The molecule has 21 heavy (non-hydrogen) atoms. The van der Waals surface area contributed by atoms with Crippen LogP contribution in [0, 0.1) is 0 Å². The number of aromatic nitrogens is 15. The fraction of sp³-hybridized carbons (Fsp3) is 0. The van der Waals surface area contributed by atoms with Gasteiger partial charge in [0.05, 0.1) is 16.8 Å². The van der Waals surface area contributed by atoms with Crippen LogP contribution in [0.25, 0.3) is 17.8 Å². The van der Waals surface area contributed by atoms with Crippen LogP contribution < -0.4 is 29.0 Å². The molecule has 102 valence electrons. The van der Waals surface area contributed by atoms with E-state index in [9.17, 15) is 0 Å². The topological polar surface area (TPSA) is 170 Å². The van der Waals surface area contributed by atoms with Gasteiger partial charge in [0.1, 0.15) is 10.2 Å². The van der Waals surface area contributed by atoms with Crippen LogP contribution >= 0.6 is 0 Å². The summed E-state index contributed by atoms with van der Waals surface area (Å²) >= 11 is 0. The predicted molar refractivity (Wildman–Crippen MR) is 51.2 cm³/mol. The zero-order chi connectivity index (χ0) is 14.1. The first kappa shape index (κ1) is 11.1. The van der Waals surface area contributed by atoms with Crippen molar-refractivity contribution in [3.05, 3.63) is 19.0 Å². The molecule has 4 aromatic heterocycles. The van der Waals surface area contributed by atoms with Crippen LogP contribution in [0.15, 0.2) is 19.0 Å². The summed E-state index contributed by atoms with van der Waals surface area (Å²) < 4.78 is 4.52. The third kappa shape index (κ3) is 1.93. The predicted octanol–water partition coefficient (Wildman–Crippen LogP) is -6.06. The van der Waals surface area contributed by atoms with Crippen LogP contribution in [-0.4, -0.2) is 46.6 Å². The van der Waals surface area contributed by atoms with Gasteiger partial charge in [-0.3, -0.25) is 0 Å². The van der Waals surface area contributed by atoms with Gasteiger partial charge in [-0.1, -0.05) is 20.4 Å². The SMILES string of the molecule is c1[n+](-c2nnn[n-]2)c[n+](-c2nnn[n-]2)c[n+]1-c1nnn[n-]1. The summed E-state index contributed by atoms with van der Waals surface area (Å²) in [5, 5.41) is 43.0. The van der Waals surface area contributed by atoms with Crippen molar-refractivity contribution in [3.63, 3.8) is 0 Å². The lowest BCUT2D eigenvalue weighted by atomic mass is 10.7. The number of rotatable bonds is 3. The van der Waals surface area contributed by atoms with E-state index in [0.717, 1.165) is 0 Å². The molecular weight excluding hydrogens is 282 g/mol. The lowest BCUT2D eigenvalue weighted by Gasteiger charge is -2.05. The largest absolute Gasteiger partial charge is 0.529 e. The smallest absolute Gasteiger partial charge is 0.243 e. The normalized spacial score (nSPS) is 10.9. The van der Waals surface area contributed by atoms with Gasteiger partial charge in [0.15, 0.2) is 12.7 Å². The molecule has 0 saturated carbocycles. The molecule has 0 radical (unpaired) electrons. The van der Waals surface area contributed by atoms with Crippen molar-refractivity contribution in [1.29, 1.82) is 0 Å². The molecule has 15 heteroatoms. The lowest BCUT2D eigenvalue weighted by Crippen LogP contribution is -2.56. The van der Waals surface area contributed by atoms with E-state index in [-0.39, 0.29) is 17.8 Å². The molecule has 0 aliphatic heterocycles. The van der Waals surface area contributed by atoms with Crippen LogP contribution in [0.1, 0.15) is 0 Å². The minimum absolute atomic E-state index is 0.234. The number of hydrogen-bond acceptors (Lipinski definition) is 9. The summed E-state index contributed by atoms with van der Waals surface area (Å²) in [6.07, 6.45) is 4.74. The van der Waals surface area contributed by atoms with Crippen molar-refractivity contribution in [1.82, 2.24) is 61.9 Å². The Labute approximate surface area is 113 Å². The summed E-state index contributed by atoms with van der Waals surface area (Å²) in [6, 6.07) is 0. The fourth-order valence-corrected chi connectivity index (χ4v) is 1.53. The third-order valence-corrected chi connectivity index (χ3v) is 2.36. The number of nitrogens with zero attached hydrogens (tertiary/aromatic N) is 15. The summed E-state index contributed by atoms with van der Waals surface area (Å²) in [5.74, 6) is 0.703. The minimum atomic E-state index is 0.234. The van der Waals surface area contributed by atoms with E-state index in [1.807, 2.05) is 0 Å². The second-order valence-electron chi connectivity index (χ2n) is 3.60. The van der Waals surface area contributed by atoms with Gasteiger partial charge in [-0.15, -0.1) is 0 Å². The van der Waals surface area contributed by atoms with E-state index in [4.69, 9.17) is 0 Å². The Morgan fingerprint density at radius 1 is 0.571 bits per heavy atom. The van der Waals surface area contributed by atoms with Gasteiger partial charge in [-0.25, -0.2) is 9.13 Å². The van der Waals surface area contributed by atoms with Crippen LogP contribution in [0.2, 0.25) is 0 Å². The maximum Gasteiger partial charge on any atom is 0.529 e. The van der Waals surface area contributed by atoms with E-state index in [2.05, 4.69) is 61.9 Å². The Hall–Kier alpha value is -3.78. The molecule has 0 atom stereocenters. The molecule has 0 bridgehead atoms. The van der Waals surface area contributed by atoms with Crippen LogP contribution in [0.5, 0.6) is 0 Å².